The number of nitrogens with zero attached hydrogens (tertiary/aromatic N) is 2. The molecule has 1 N–H and O–H groups in total. The van der Waals surface area contributed by atoms with Crippen LogP contribution < -0.4 is 20.3 Å². The Kier molecular flexibility index (Phi) is 4.55. The third-order valence-corrected chi connectivity index (χ3v) is 2.77. The first-order valence-corrected chi connectivity index (χ1v) is 6.16. The number of carbonyl (C=O) groups excluding carboxylic acids is 1. The minimum Gasteiger partial charge on any atom is -0.493 e. The van der Waals surface area contributed by atoms with Crippen LogP contribution in [0.15, 0.2) is 41.6 Å². The summed E-state index contributed by atoms with van der Waals surface area (Å²) < 4.78 is 11.5. The zero-order chi connectivity index (χ0) is 15.2. The molecule has 21 heavy (non-hydrogen) atoms. The summed E-state index contributed by atoms with van der Waals surface area (Å²) in [7, 11) is 3.05. The highest BCUT2D eigenvalue weighted by molar-refractivity contribution is 5.90. The maximum atomic E-state index is 11.9. The Morgan fingerprint density at radius 2 is 2.00 bits per heavy atom. The van der Waals surface area contributed by atoms with Crippen LogP contribution in [-0.4, -0.2) is 29.7 Å². The topological polar surface area (TPSA) is 82.5 Å². The van der Waals surface area contributed by atoms with Crippen LogP contribution in [0.5, 0.6) is 11.5 Å². The van der Waals surface area contributed by atoms with Crippen molar-refractivity contribution in [2.75, 3.05) is 19.5 Å². The summed E-state index contributed by atoms with van der Waals surface area (Å²) >= 11 is 0. The van der Waals surface area contributed by atoms with Gasteiger partial charge >= 0.3 is 0 Å². The fourth-order valence-electron chi connectivity index (χ4n) is 1.77. The van der Waals surface area contributed by atoms with Crippen molar-refractivity contribution in [3.05, 3.63) is 47.1 Å². The van der Waals surface area contributed by atoms with Crippen LogP contribution in [0.4, 0.5) is 5.69 Å². The van der Waals surface area contributed by atoms with Crippen LogP contribution >= 0.6 is 0 Å². The second kappa shape index (κ2) is 6.56. The summed E-state index contributed by atoms with van der Waals surface area (Å²) in [5.41, 5.74) is 0.266. The number of benzene rings is 1. The predicted molar refractivity (Wildman–Crippen MR) is 76.7 cm³/mol. The number of anilines is 1. The first-order chi connectivity index (χ1) is 10.1. The van der Waals surface area contributed by atoms with Gasteiger partial charge in [0, 0.05) is 24.0 Å². The lowest BCUT2D eigenvalue weighted by molar-refractivity contribution is -0.116. The number of rotatable bonds is 5. The van der Waals surface area contributed by atoms with Crippen molar-refractivity contribution >= 4 is 11.6 Å². The van der Waals surface area contributed by atoms with Crippen molar-refractivity contribution in [3.8, 4) is 11.5 Å². The monoisotopic (exact) mass is 289 g/mol. The van der Waals surface area contributed by atoms with Gasteiger partial charge in [-0.1, -0.05) is 0 Å². The van der Waals surface area contributed by atoms with E-state index >= 15 is 0 Å². The molecule has 110 valence electrons. The van der Waals surface area contributed by atoms with Crippen molar-refractivity contribution in [3.63, 3.8) is 0 Å². The van der Waals surface area contributed by atoms with Gasteiger partial charge in [0.05, 0.1) is 20.5 Å². The van der Waals surface area contributed by atoms with E-state index < -0.39 is 0 Å². The molecular weight excluding hydrogens is 274 g/mol. The lowest BCUT2D eigenvalue weighted by Crippen LogP contribution is -2.26. The molecule has 0 atom stereocenters. The third-order valence-electron chi connectivity index (χ3n) is 2.77. The molecule has 1 aromatic carbocycles. The van der Waals surface area contributed by atoms with Gasteiger partial charge in [-0.15, -0.1) is 0 Å². The average molecular weight is 289 g/mol. The molecule has 0 fully saturated rings. The van der Waals surface area contributed by atoms with Gasteiger partial charge in [-0.05, 0) is 12.1 Å². The SMILES string of the molecule is COc1ccc(NC(=O)Cn2cnccc2=O)cc1OC. The quantitative estimate of drug-likeness (QED) is 0.884. The number of methoxy groups -OCH3 is 2. The summed E-state index contributed by atoms with van der Waals surface area (Å²) in [5.74, 6) is 0.741. The van der Waals surface area contributed by atoms with E-state index in [1.165, 1.54) is 37.4 Å². The molecule has 0 saturated heterocycles. The third kappa shape index (κ3) is 3.59. The predicted octanol–water partition coefficient (Wildman–Crippen LogP) is 0.899. The van der Waals surface area contributed by atoms with Crippen molar-refractivity contribution in [1.82, 2.24) is 9.55 Å². The first kappa shape index (κ1) is 14.6. The lowest BCUT2D eigenvalue weighted by Gasteiger charge is -2.11. The highest BCUT2D eigenvalue weighted by Crippen LogP contribution is 2.29. The van der Waals surface area contributed by atoms with E-state index in [1.807, 2.05) is 0 Å². The van der Waals surface area contributed by atoms with Crippen molar-refractivity contribution in [2.24, 2.45) is 0 Å². The smallest absolute Gasteiger partial charge is 0.253 e. The van der Waals surface area contributed by atoms with E-state index in [4.69, 9.17) is 9.47 Å². The van der Waals surface area contributed by atoms with E-state index in [2.05, 4.69) is 10.3 Å². The molecule has 0 radical (unpaired) electrons. The number of amides is 1. The fourth-order valence-corrected chi connectivity index (χ4v) is 1.77. The molecule has 1 heterocycles. The number of hydrogen-bond donors (Lipinski definition) is 1. The van der Waals surface area contributed by atoms with Gasteiger partial charge in [0.2, 0.25) is 5.91 Å². The number of ether oxygens (including phenoxy) is 2. The fraction of sp³-hybridized carbons (Fsp3) is 0.214. The van der Waals surface area contributed by atoms with Gasteiger partial charge in [-0.2, -0.15) is 0 Å². The van der Waals surface area contributed by atoms with Crippen LogP contribution in [-0.2, 0) is 11.3 Å². The largest absolute Gasteiger partial charge is 0.493 e. The van der Waals surface area contributed by atoms with Crippen LogP contribution in [0.25, 0.3) is 0 Å². The van der Waals surface area contributed by atoms with Crippen molar-refractivity contribution in [2.45, 2.75) is 6.54 Å². The minimum absolute atomic E-state index is 0.110. The molecular formula is C14H15N3O4. The Bertz CT molecular complexity index is 697. The van der Waals surface area contributed by atoms with E-state index in [1.54, 1.807) is 18.2 Å². The standard InChI is InChI=1S/C14H15N3O4/c1-20-11-4-3-10(7-12(11)21-2)16-13(18)8-17-9-15-6-5-14(17)19/h3-7,9H,8H2,1-2H3,(H,16,18). The van der Waals surface area contributed by atoms with Gasteiger partial charge < -0.3 is 14.8 Å². The Balaban J connectivity index is 2.10. The molecule has 7 nitrogen and oxygen atoms in total. The summed E-state index contributed by atoms with van der Waals surface area (Å²) in [4.78, 5) is 27.2. The molecule has 7 heteroatoms. The number of carbonyl (C=O) groups is 1. The van der Waals surface area contributed by atoms with Crippen molar-refractivity contribution in [1.29, 1.82) is 0 Å². The number of nitrogens with one attached hydrogen (secondary N) is 1. The van der Waals surface area contributed by atoms with Gasteiger partial charge in [0.1, 0.15) is 6.54 Å². The zero-order valence-corrected chi connectivity index (χ0v) is 11.7. The van der Waals surface area contributed by atoms with E-state index in [0.717, 1.165) is 0 Å². The molecule has 0 spiro atoms. The van der Waals surface area contributed by atoms with Crippen LogP contribution in [0.1, 0.15) is 0 Å². The van der Waals surface area contributed by atoms with Gasteiger partial charge in [-0.25, -0.2) is 4.98 Å². The molecule has 0 aliphatic carbocycles. The Labute approximate surface area is 121 Å². The van der Waals surface area contributed by atoms with Crippen LogP contribution in [0.3, 0.4) is 0 Å². The van der Waals surface area contributed by atoms with Crippen LogP contribution in [0.2, 0.25) is 0 Å². The second-order valence-electron chi connectivity index (χ2n) is 4.16. The Morgan fingerprint density at radius 3 is 2.67 bits per heavy atom. The highest BCUT2D eigenvalue weighted by atomic mass is 16.5. The van der Waals surface area contributed by atoms with Gasteiger partial charge in [0.25, 0.3) is 5.56 Å². The molecule has 0 bridgehead atoms. The van der Waals surface area contributed by atoms with E-state index in [-0.39, 0.29) is 18.0 Å². The molecule has 1 amide bonds. The number of aromatic nitrogens is 2. The zero-order valence-electron chi connectivity index (χ0n) is 11.7. The molecule has 0 aliphatic rings. The Hall–Kier alpha value is -2.83. The van der Waals surface area contributed by atoms with Gasteiger partial charge in [-0.3, -0.25) is 14.2 Å². The summed E-state index contributed by atoms with van der Waals surface area (Å²) in [6.45, 7) is -0.110. The Morgan fingerprint density at radius 1 is 1.24 bits per heavy atom. The minimum atomic E-state index is -0.336. The first-order valence-electron chi connectivity index (χ1n) is 6.16. The number of hydrogen-bond acceptors (Lipinski definition) is 5. The summed E-state index contributed by atoms with van der Waals surface area (Å²) in [5, 5.41) is 2.68. The van der Waals surface area contributed by atoms with E-state index in [0.29, 0.717) is 17.2 Å². The van der Waals surface area contributed by atoms with Crippen molar-refractivity contribution < 1.29 is 14.3 Å². The average Bonchev–Trinajstić information content (AvgIpc) is 2.49. The second-order valence-corrected chi connectivity index (χ2v) is 4.16. The maximum absolute atomic E-state index is 11.9. The van der Waals surface area contributed by atoms with Gasteiger partial charge in [0.15, 0.2) is 11.5 Å². The summed E-state index contributed by atoms with van der Waals surface area (Å²) in [6, 6.07) is 6.31. The molecule has 0 saturated carbocycles. The molecule has 0 aliphatic heterocycles. The highest BCUT2D eigenvalue weighted by Gasteiger charge is 2.08. The molecule has 2 rings (SSSR count). The molecule has 2 aromatic rings. The molecule has 0 unspecified atom stereocenters. The summed E-state index contributed by atoms with van der Waals surface area (Å²) in [6.07, 6.45) is 2.70. The van der Waals surface area contributed by atoms with E-state index in [9.17, 15) is 9.59 Å². The molecule has 1 aromatic heterocycles. The normalized spacial score (nSPS) is 10.0. The van der Waals surface area contributed by atoms with Crippen LogP contribution in [0, 0.1) is 0 Å². The lowest BCUT2D eigenvalue weighted by atomic mass is 10.2. The maximum Gasteiger partial charge on any atom is 0.253 e.